The number of aromatic nitrogens is 1. The molecule has 0 saturated heterocycles. The zero-order chi connectivity index (χ0) is 11.0. The maximum atomic E-state index is 5.63. The van der Waals surface area contributed by atoms with Gasteiger partial charge in [-0.15, -0.1) is 0 Å². The quantitative estimate of drug-likeness (QED) is 0.744. The van der Waals surface area contributed by atoms with E-state index < -0.39 is 0 Å². The lowest BCUT2D eigenvalue weighted by molar-refractivity contribution is 0.347. The normalized spacial score (nSPS) is 15.8. The van der Waals surface area contributed by atoms with Crippen LogP contribution in [0.2, 0.25) is 0 Å². The Bertz CT molecular complexity index is 411. The molecule has 0 aliphatic carbocycles. The summed E-state index contributed by atoms with van der Waals surface area (Å²) in [7, 11) is 4.13. The van der Waals surface area contributed by atoms with E-state index in [1.54, 1.807) is 0 Å². The number of hydrogen-bond donors (Lipinski definition) is 1. The average Bonchev–Trinajstić information content (AvgIpc) is 2.45. The summed E-state index contributed by atoms with van der Waals surface area (Å²) in [4.78, 5) is 8.61. The Labute approximate surface area is 90.0 Å². The van der Waals surface area contributed by atoms with Gasteiger partial charge in [0.25, 0.3) is 0 Å². The first-order valence-corrected chi connectivity index (χ1v) is 4.94. The van der Waals surface area contributed by atoms with Gasteiger partial charge in [-0.3, -0.25) is 0 Å². The van der Waals surface area contributed by atoms with Gasteiger partial charge in [0.1, 0.15) is 5.82 Å². The Morgan fingerprint density at radius 2 is 2.07 bits per heavy atom. The van der Waals surface area contributed by atoms with E-state index in [0.29, 0.717) is 5.82 Å². The number of nitrogen functional groups attached to an aromatic ring is 1. The monoisotopic (exact) mass is 204 g/mol. The largest absolute Gasteiger partial charge is 0.384 e. The fourth-order valence-electron chi connectivity index (χ4n) is 1.89. The molecule has 1 aliphatic heterocycles. The van der Waals surface area contributed by atoms with Gasteiger partial charge in [-0.25, -0.2) is 4.98 Å². The molecular formula is C11H16N4. The van der Waals surface area contributed by atoms with Crippen LogP contribution >= 0.6 is 0 Å². The molecule has 80 valence electrons. The first-order valence-electron chi connectivity index (χ1n) is 4.94. The second kappa shape index (κ2) is 3.46. The number of hydrogen-bond acceptors (Lipinski definition) is 4. The molecule has 2 rings (SSSR count). The zero-order valence-electron chi connectivity index (χ0n) is 9.36. The third-order valence-corrected chi connectivity index (χ3v) is 2.57. The number of pyridine rings is 1. The molecule has 0 unspecified atom stereocenters. The Morgan fingerprint density at radius 1 is 1.33 bits per heavy atom. The standard InChI is InChI=1S/C11H16N4/c1-8-9(4-5-11(12)13-8)10-6-14(2)7-15(10)3/h4-6H,7H2,1-3H3,(H2,12,13). The second-order valence-electron chi connectivity index (χ2n) is 3.98. The van der Waals surface area contributed by atoms with Crippen molar-refractivity contribution in [3.63, 3.8) is 0 Å². The highest BCUT2D eigenvalue weighted by Gasteiger charge is 2.17. The van der Waals surface area contributed by atoms with E-state index in [9.17, 15) is 0 Å². The lowest BCUT2D eigenvalue weighted by Crippen LogP contribution is -2.20. The SMILES string of the molecule is Cc1nc(N)ccc1C1=CN(C)CN1C. The van der Waals surface area contributed by atoms with E-state index in [2.05, 4.69) is 35.1 Å². The zero-order valence-corrected chi connectivity index (χ0v) is 9.36. The molecule has 0 saturated carbocycles. The van der Waals surface area contributed by atoms with Crippen molar-refractivity contribution in [1.82, 2.24) is 14.8 Å². The summed E-state index contributed by atoms with van der Waals surface area (Å²) >= 11 is 0. The minimum absolute atomic E-state index is 0.575. The van der Waals surface area contributed by atoms with Crippen molar-refractivity contribution < 1.29 is 0 Å². The Hall–Kier alpha value is -1.71. The van der Waals surface area contributed by atoms with Gasteiger partial charge in [0.2, 0.25) is 0 Å². The predicted molar refractivity (Wildman–Crippen MR) is 61.8 cm³/mol. The summed E-state index contributed by atoms with van der Waals surface area (Å²) < 4.78 is 0. The number of aryl methyl sites for hydroxylation is 1. The Balaban J connectivity index is 2.42. The smallest absolute Gasteiger partial charge is 0.123 e. The molecule has 4 nitrogen and oxygen atoms in total. The molecule has 1 aromatic heterocycles. The van der Waals surface area contributed by atoms with Crippen LogP contribution in [0.25, 0.3) is 5.70 Å². The maximum Gasteiger partial charge on any atom is 0.123 e. The van der Waals surface area contributed by atoms with Crippen LogP contribution in [0.15, 0.2) is 18.3 Å². The van der Waals surface area contributed by atoms with Gasteiger partial charge >= 0.3 is 0 Å². The molecule has 0 radical (unpaired) electrons. The van der Waals surface area contributed by atoms with E-state index in [-0.39, 0.29) is 0 Å². The fourth-order valence-corrected chi connectivity index (χ4v) is 1.89. The van der Waals surface area contributed by atoms with Gasteiger partial charge in [-0.05, 0) is 19.1 Å². The molecule has 0 atom stereocenters. The summed E-state index contributed by atoms with van der Waals surface area (Å²) in [6.07, 6.45) is 2.13. The van der Waals surface area contributed by atoms with E-state index in [4.69, 9.17) is 5.73 Å². The van der Waals surface area contributed by atoms with Crippen LogP contribution in [0.4, 0.5) is 5.82 Å². The topological polar surface area (TPSA) is 45.4 Å². The van der Waals surface area contributed by atoms with E-state index >= 15 is 0 Å². The molecule has 2 heterocycles. The van der Waals surface area contributed by atoms with Crippen LogP contribution in [-0.2, 0) is 0 Å². The first-order chi connectivity index (χ1) is 7.08. The number of anilines is 1. The van der Waals surface area contributed by atoms with Gasteiger partial charge in [0.15, 0.2) is 0 Å². The molecule has 0 aromatic carbocycles. The molecule has 0 spiro atoms. The molecule has 0 fully saturated rings. The molecule has 0 amide bonds. The van der Waals surface area contributed by atoms with Crippen molar-refractivity contribution in [2.24, 2.45) is 0 Å². The Morgan fingerprint density at radius 3 is 2.60 bits per heavy atom. The first kappa shape index (κ1) is 9.83. The van der Waals surface area contributed by atoms with Gasteiger partial charge in [0.05, 0.1) is 12.4 Å². The highest BCUT2D eigenvalue weighted by molar-refractivity contribution is 5.67. The van der Waals surface area contributed by atoms with Crippen molar-refractivity contribution >= 4 is 11.5 Å². The summed E-state index contributed by atoms with van der Waals surface area (Å²) in [5.41, 5.74) is 8.95. The number of nitrogens with zero attached hydrogens (tertiary/aromatic N) is 3. The highest BCUT2D eigenvalue weighted by atomic mass is 15.3. The minimum Gasteiger partial charge on any atom is -0.384 e. The van der Waals surface area contributed by atoms with Gasteiger partial charge in [-0.2, -0.15) is 0 Å². The molecule has 4 heteroatoms. The summed E-state index contributed by atoms with van der Waals surface area (Å²) in [5, 5.41) is 0. The third kappa shape index (κ3) is 1.75. The minimum atomic E-state index is 0.575. The third-order valence-electron chi connectivity index (χ3n) is 2.57. The summed E-state index contributed by atoms with van der Waals surface area (Å²) in [6.45, 7) is 2.90. The Kier molecular flexibility index (Phi) is 2.26. The number of rotatable bonds is 1. The van der Waals surface area contributed by atoms with E-state index in [1.165, 1.54) is 5.70 Å². The second-order valence-corrected chi connectivity index (χ2v) is 3.98. The van der Waals surface area contributed by atoms with Crippen LogP contribution in [0.3, 0.4) is 0 Å². The van der Waals surface area contributed by atoms with Gasteiger partial charge < -0.3 is 15.5 Å². The van der Waals surface area contributed by atoms with Crippen molar-refractivity contribution in [3.05, 3.63) is 29.6 Å². The van der Waals surface area contributed by atoms with Crippen molar-refractivity contribution in [2.75, 3.05) is 26.5 Å². The summed E-state index contributed by atoms with van der Waals surface area (Å²) in [5.74, 6) is 0.575. The van der Waals surface area contributed by atoms with Gasteiger partial charge in [-0.1, -0.05) is 0 Å². The van der Waals surface area contributed by atoms with Crippen molar-refractivity contribution in [1.29, 1.82) is 0 Å². The average molecular weight is 204 g/mol. The van der Waals surface area contributed by atoms with Gasteiger partial charge in [0, 0.05) is 31.6 Å². The van der Waals surface area contributed by atoms with Crippen LogP contribution in [0, 0.1) is 6.92 Å². The molecule has 1 aromatic rings. The molecule has 2 N–H and O–H groups in total. The summed E-state index contributed by atoms with van der Waals surface area (Å²) in [6, 6.07) is 3.87. The lowest BCUT2D eigenvalue weighted by Gasteiger charge is -2.17. The fraction of sp³-hybridized carbons (Fsp3) is 0.364. The molecule has 0 bridgehead atoms. The van der Waals surface area contributed by atoms with Crippen LogP contribution in [0.5, 0.6) is 0 Å². The van der Waals surface area contributed by atoms with Crippen LogP contribution in [0.1, 0.15) is 11.3 Å². The van der Waals surface area contributed by atoms with E-state index in [1.807, 2.05) is 19.1 Å². The molecular weight excluding hydrogens is 188 g/mol. The maximum absolute atomic E-state index is 5.63. The molecule has 15 heavy (non-hydrogen) atoms. The predicted octanol–water partition coefficient (Wildman–Crippen LogP) is 1.11. The van der Waals surface area contributed by atoms with Crippen LogP contribution < -0.4 is 5.73 Å². The highest BCUT2D eigenvalue weighted by Crippen LogP contribution is 2.25. The number of nitrogens with two attached hydrogens (primary N) is 1. The molecule has 1 aliphatic rings. The van der Waals surface area contributed by atoms with Crippen molar-refractivity contribution in [2.45, 2.75) is 6.92 Å². The van der Waals surface area contributed by atoms with Crippen molar-refractivity contribution in [3.8, 4) is 0 Å². The van der Waals surface area contributed by atoms with Crippen LogP contribution in [-0.4, -0.2) is 35.5 Å². The van der Waals surface area contributed by atoms with E-state index in [0.717, 1.165) is 17.9 Å². The lowest BCUT2D eigenvalue weighted by atomic mass is 10.1.